The summed E-state index contributed by atoms with van der Waals surface area (Å²) in [7, 11) is -3.54. The molecule has 0 amide bonds. The maximum absolute atomic E-state index is 11.3. The van der Waals surface area contributed by atoms with Gasteiger partial charge in [-0.1, -0.05) is 20.8 Å². The molecule has 2 unspecified atom stereocenters. The molecule has 0 aromatic rings. The second-order valence-corrected chi connectivity index (χ2v) is 6.87. The maximum Gasteiger partial charge on any atom is 0.209 e. The molecule has 3 N–H and O–H groups in total. The van der Waals surface area contributed by atoms with Crippen molar-refractivity contribution >= 4 is 10.0 Å². The van der Waals surface area contributed by atoms with E-state index in [2.05, 4.69) is 0 Å². The number of aliphatic hydroxyl groups excluding tert-OH is 1. The number of primary sulfonamides is 1. The second-order valence-electron chi connectivity index (χ2n) is 5.26. The number of hydrogen-bond acceptors (Lipinski definition) is 3. The van der Waals surface area contributed by atoms with E-state index >= 15 is 0 Å². The van der Waals surface area contributed by atoms with Crippen LogP contribution in [0.25, 0.3) is 0 Å². The van der Waals surface area contributed by atoms with Crippen LogP contribution in [0.1, 0.15) is 40.0 Å². The van der Waals surface area contributed by atoms with Crippen molar-refractivity contribution in [1.29, 1.82) is 0 Å². The van der Waals surface area contributed by atoms with Crippen LogP contribution in [0, 0.1) is 10.8 Å². The highest BCUT2D eigenvalue weighted by Crippen LogP contribution is 2.55. The molecule has 1 saturated carbocycles. The van der Waals surface area contributed by atoms with E-state index in [1.54, 1.807) is 0 Å². The molecule has 2 atom stereocenters. The van der Waals surface area contributed by atoms with Crippen molar-refractivity contribution in [1.82, 2.24) is 0 Å². The van der Waals surface area contributed by atoms with Crippen LogP contribution in [0.3, 0.4) is 0 Å². The Balaban J connectivity index is 3.12. The Bertz CT molecular complexity index is 337. The molecule has 15 heavy (non-hydrogen) atoms. The molecule has 0 spiro atoms. The van der Waals surface area contributed by atoms with E-state index < -0.39 is 21.5 Å². The first kappa shape index (κ1) is 12.9. The Kier molecular flexibility index (Phi) is 3.20. The molecule has 0 radical (unpaired) electrons. The molecule has 1 fully saturated rings. The zero-order valence-corrected chi connectivity index (χ0v) is 10.5. The number of sulfonamides is 1. The highest BCUT2D eigenvalue weighted by atomic mass is 32.2. The number of aliphatic hydroxyl groups is 1. The standard InChI is InChI=1S/C10H21NO3S/c1-4-10(7-15(11,13)14)8(12)5-6-9(10,2)3/h8,12H,4-7H2,1-3H3,(H2,11,13,14). The topological polar surface area (TPSA) is 80.4 Å². The summed E-state index contributed by atoms with van der Waals surface area (Å²) in [4.78, 5) is 0. The van der Waals surface area contributed by atoms with Crippen LogP contribution in [0.5, 0.6) is 0 Å². The summed E-state index contributed by atoms with van der Waals surface area (Å²) < 4.78 is 22.5. The predicted octanol–water partition coefficient (Wildman–Crippen LogP) is 0.852. The average Bonchev–Trinajstić information content (AvgIpc) is 2.27. The Morgan fingerprint density at radius 1 is 1.47 bits per heavy atom. The molecule has 0 saturated heterocycles. The summed E-state index contributed by atoms with van der Waals surface area (Å²) in [5.41, 5.74) is -0.756. The molecule has 1 aliphatic carbocycles. The van der Waals surface area contributed by atoms with E-state index in [0.717, 1.165) is 6.42 Å². The molecule has 1 rings (SSSR count). The summed E-state index contributed by atoms with van der Waals surface area (Å²) in [6.45, 7) is 5.94. The minimum Gasteiger partial charge on any atom is -0.392 e. The molecule has 5 heteroatoms. The lowest BCUT2D eigenvalue weighted by Gasteiger charge is -2.42. The van der Waals surface area contributed by atoms with Gasteiger partial charge in [-0.05, 0) is 24.7 Å². The SMILES string of the molecule is CCC1(CS(N)(=O)=O)C(O)CCC1(C)C. The first-order valence-electron chi connectivity index (χ1n) is 5.33. The Morgan fingerprint density at radius 3 is 2.27 bits per heavy atom. The third-order valence-corrected chi connectivity index (χ3v) is 5.04. The lowest BCUT2D eigenvalue weighted by Crippen LogP contribution is -2.47. The maximum atomic E-state index is 11.3. The first-order valence-corrected chi connectivity index (χ1v) is 7.05. The average molecular weight is 235 g/mol. The van der Waals surface area contributed by atoms with Gasteiger partial charge in [0.1, 0.15) is 0 Å². The molecule has 0 aliphatic heterocycles. The molecule has 4 nitrogen and oxygen atoms in total. The fraction of sp³-hybridized carbons (Fsp3) is 1.00. The Morgan fingerprint density at radius 2 is 2.00 bits per heavy atom. The zero-order chi connectivity index (χ0) is 11.9. The number of rotatable bonds is 3. The molecule has 0 heterocycles. The van der Waals surface area contributed by atoms with Gasteiger partial charge < -0.3 is 5.11 Å². The molecule has 90 valence electrons. The van der Waals surface area contributed by atoms with Crippen LogP contribution in [0.15, 0.2) is 0 Å². The summed E-state index contributed by atoms with van der Waals surface area (Å²) in [6.07, 6.45) is 1.58. The Hall–Kier alpha value is -0.130. The van der Waals surface area contributed by atoms with E-state index in [1.807, 2.05) is 20.8 Å². The van der Waals surface area contributed by atoms with Gasteiger partial charge in [-0.15, -0.1) is 0 Å². The third-order valence-electron chi connectivity index (χ3n) is 4.12. The second kappa shape index (κ2) is 3.71. The van der Waals surface area contributed by atoms with Crippen LogP contribution >= 0.6 is 0 Å². The van der Waals surface area contributed by atoms with Gasteiger partial charge in [0.15, 0.2) is 0 Å². The smallest absolute Gasteiger partial charge is 0.209 e. The van der Waals surface area contributed by atoms with E-state index in [1.165, 1.54) is 0 Å². The van der Waals surface area contributed by atoms with Crippen molar-refractivity contribution in [2.75, 3.05) is 5.75 Å². The van der Waals surface area contributed by atoms with Crippen molar-refractivity contribution < 1.29 is 13.5 Å². The molecule has 0 aromatic heterocycles. The minimum absolute atomic E-state index is 0.120. The van der Waals surface area contributed by atoms with Gasteiger partial charge in [-0.3, -0.25) is 0 Å². The molecular formula is C10H21NO3S. The monoisotopic (exact) mass is 235 g/mol. The van der Waals surface area contributed by atoms with E-state index in [4.69, 9.17) is 5.14 Å². The summed E-state index contributed by atoms with van der Waals surface area (Å²) >= 11 is 0. The first-order chi connectivity index (χ1) is 6.65. The van der Waals surface area contributed by atoms with Crippen LogP contribution in [-0.4, -0.2) is 25.4 Å². The van der Waals surface area contributed by atoms with Crippen molar-refractivity contribution in [2.45, 2.75) is 46.1 Å². The van der Waals surface area contributed by atoms with E-state index in [-0.39, 0.29) is 11.2 Å². The lowest BCUT2D eigenvalue weighted by molar-refractivity contribution is 0.00490. The van der Waals surface area contributed by atoms with Crippen molar-refractivity contribution in [2.24, 2.45) is 16.0 Å². The van der Waals surface area contributed by atoms with E-state index in [9.17, 15) is 13.5 Å². The van der Waals surface area contributed by atoms with Gasteiger partial charge in [0.05, 0.1) is 11.9 Å². The Labute approximate surface area is 91.9 Å². The lowest BCUT2D eigenvalue weighted by atomic mass is 9.66. The van der Waals surface area contributed by atoms with Crippen molar-refractivity contribution in [3.05, 3.63) is 0 Å². The third kappa shape index (κ3) is 2.19. The van der Waals surface area contributed by atoms with Crippen LogP contribution in [-0.2, 0) is 10.0 Å². The van der Waals surface area contributed by atoms with Crippen LogP contribution < -0.4 is 5.14 Å². The summed E-state index contributed by atoms with van der Waals surface area (Å²) in [6, 6.07) is 0. The summed E-state index contributed by atoms with van der Waals surface area (Å²) in [5.74, 6) is -0.120. The van der Waals surface area contributed by atoms with Crippen LogP contribution in [0.2, 0.25) is 0 Å². The molecule has 0 bridgehead atoms. The highest BCUT2D eigenvalue weighted by molar-refractivity contribution is 7.89. The van der Waals surface area contributed by atoms with Gasteiger partial charge in [-0.2, -0.15) is 0 Å². The largest absolute Gasteiger partial charge is 0.392 e. The fourth-order valence-corrected chi connectivity index (χ4v) is 4.45. The van der Waals surface area contributed by atoms with Gasteiger partial charge in [-0.25, -0.2) is 13.6 Å². The zero-order valence-electron chi connectivity index (χ0n) is 9.66. The fourth-order valence-electron chi connectivity index (χ4n) is 2.94. The van der Waals surface area contributed by atoms with Crippen molar-refractivity contribution in [3.63, 3.8) is 0 Å². The predicted molar refractivity (Wildman–Crippen MR) is 59.7 cm³/mol. The molecular weight excluding hydrogens is 214 g/mol. The number of hydrogen-bond donors (Lipinski definition) is 2. The van der Waals surface area contributed by atoms with Gasteiger partial charge in [0.2, 0.25) is 10.0 Å². The number of nitrogens with two attached hydrogens (primary N) is 1. The minimum atomic E-state index is -3.54. The normalized spacial score (nSPS) is 35.7. The van der Waals surface area contributed by atoms with Crippen LogP contribution in [0.4, 0.5) is 0 Å². The summed E-state index contributed by atoms with van der Waals surface area (Å²) in [5, 5.41) is 15.1. The van der Waals surface area contributed by atoms with Gasteiger partial charge in [0.25, 0.3) is 0 Å². The van der Waals surface area contributed by atoms with Gasteiger partial charge >= 0.3 is 0 Å². The molecule has 0 aromatic carbocycles. The molecule has 1 aliphatic rings. The quantitative estimate of drug-likeness (QED) is 0.761. The van der Waals surface area contributed by atoms with Gasteiger partial charge in [0, 0.05) is 5.41 Å². The highest BCUT2D eigenvalue weighted by Gasteiger charge is 2.55. The van der Waals surface area contributed by atoms with E-state index in [0.29, 0.717) is 12.8 Å². The van der Waals surface area contributed by atoms with Crippen molar-refractivity contribution in [3.8, 4) is 0 Å².